The van der Waals surface area contributed by atoms with Crippen molar-refractivity contribution in [3.05, 3.63) is 29.3 Å². The Morgan fingerprint density at radius 3 is 2.83 bits per heavy atom. The fourth-order valence-corrected chi connectivity index (χ4v) is 2.57. The second kappa shape index (κ2) is 5.53. The second-order valence-electron chi connectivity index (χ2n) is 5.20. The van der Waals surface area contributed by atoms with Crippen molar-refractivity contribution in [2.24, 2.45) is 0 Å². The number of methoxy groups -OCH3 is 1. The minimum Gasteiger partial charge on any atom is -0.497 e. The van der Waals surface area contributed by atoms with Crippen LogP contribution in [0.3, 0.4) is 0 Å². The van der Waals surface area contributed by atoms with Gasteiger partial charge < -0.3 is 9.64 Å². The zero-order valence-electron chi connectivity index (χ0n) is 11.4. The molecule has 0 aromatic heterocycles. The first-order valence-corrected chi connectivity index (χ1v) is 6.47. The topological polar surface area (TPSA) is 29.5 Å². The highest BCUT2D eigenvalue weighted by Crippen LogP contribution is 2.36. The van der Waals surface area contributed by atoms with E-state index in [1.54, 1.807) is 7.11 Å². The van der Waals surface area contributed by atoms with Crippen molar-refractivity contribution >= 4 is 5.78 Å². The third-order valence-electron chi connectivity index (χ3n) is 3.64. The molecule has 0 spiro atoms. The molecular weight excluding hydrogens is 226 g/mol. The summed E-state index contributed by atoms with van der Waals surface area (Å²) < 4.78 is 5.27. The number of fused-ring (bicyclic) bond motifs is 1. The van der Waals surface area contributed by atoms with Crippen molar-refractivity contribution in [3.63, 3.8) is 0 Å². The molecule has 98 valence electrons. The summed E-state index contributed by atoms with van der Waals surface area (Å²) in [7, 11) is 5.84. The zero-order chi connectivity index (χ0) is 13.1. The largest absolute Gasteiger partial charge is 0.497 e. The summed E-state index contributed by atoms with van der Waals surface area (Å²) in [5.74, 6) is 1.60. The lowest BCUT2D eigenvalue weighted by atomic mass is 9.80. The van der Waals surface area contributed by atoms with Gasteiger partial charge in [0.2, 0.25) is 0 Å². The van der Waals surface area contributed by atoms with Gasteiger partial charge in [-0.25, -0.2) is 0 Å². The predicted octanol–water partition coefficient (Wildman–Crippen LogP) is 2.71. The lowest BCUT2D eigenvalue weighted by Crippen LogP contribution is -2.21. The first-order chi connectivity index (χ1) is 8.61. The van der Waals surface area contributed by atoms with Crippen molar-refractivity contribution in [2.75, 3.05) is 27.7 Å². The van der Waals surface area contributed by atoms with Gasteiger partial charge >= 0.3 is 0 Å². The summed E-state index contributed by atoms with van der Waals surface area (Å²) in [5, 5.41) is 0. The number of benzene rings is 1. The Kier molecular flexibility index (Phi) is 4.02. The van der Waals surface area contributed by atoms with Crippen LogP contribution < -0.4 is 4.74 Å². The summed E-state index contributed by atoms with van der Waals surface area (Å²) in [4.78, 5) is 14.1. The molecule has 0 radical (unpaired) electrons. The number of rotatable bonds is 4. The van der Waals surface area contributed by atoms with E-state index < -0.39 is 0 Å². The lowest BCUT2D eigenvalue weighted by molar-refractivity contribution is 0.0965. The lowest BCUT2D eigenvalue weighted by Gasteiger charge is -2.26. The third-order valence-corrected chi connectivity index (χ3v) is 3.64. The number of ketones is 1. The molecule has 2 rings (SSSR count). The van der Waals surface area contributed by atoms with Gasteiger partial charge in [0.15, 0.2) is 5.78 Å². The summed E-state index contributed by atoms with van der Waals surface area (Å²) in [6.07, 6.45) is 2.74. The maximum absolute atomic E-state index is 11.9. The van der Waals surface area contributed by atoms with Crippen LogP contribution in [0.15, 0.2) is 18.2 Å². The SMILES string of the molecule is COc1ccc2c(c1)[C@H](CCN(C)C)CCC2=O. The first-order valence-electron chi connectivity index (χ1n) is 6.47. The number of hydrogen-bond acceptors (Lipinski definition) is 3. The van der Waals surface area contributed by atoms with E-state index in [0.717, 1.165) is 30.7 Å². The maximum atomic E-state index is 11.9. The number of Topliss-reactive ketones (excluding diaryl/α,β-unsaturated/α-hetero) is 1. The molecule has 1 aliphatic carbocycles. The highest BCUT2D eigenvalue weighted by Gasteiger charge is 2.25. The molecule has 1 aromatic rings. The van der Waals surface area contributed by atoms with Gasteiger partial charge in [0.05, 0.1) is 7.11 Å². The first kappa shape index (κ1) is 13.1. The average molecular weight is 247 g/mol. The van der Waals surface area contributed by atoms with E-state index in [2.05, 4.69) is 19.0 Å². The van der Waals surface area contributed by atoms with Crippen molar-refractivity contribution in [1.82, 2.24) is 4.90 Å². The molecule has 1 atom stereocenters. The van der Waals surface area contributed by atoms with Crippen molar-refractivity contribution < 1.29 is 9.53 Å². The standard InChI is InChI=1S/C15H21NO2/c1-16(2)9-8-11-4-7-15(17)13-6-5-12(18-3)10-14(11)13/h5-6,10-11H,4,7-9H2,1-3H3/t11-/m0/s1. The van der Waals surface area contributed by atoms with Crippen LogP contribution >= 0.6 is 0 Å². The van der Waals surface area contributed by atoms with Crippen molar-refractivity contribution in [1.29, 1.82) is 0 Å². The molecule has 0 unspecified atom stereocenters. The predicted molar refractivity (Wildman–Crippen MR) is 72.5 cm³/mol. The molecule has 1 aromatic carbocycles. The van der Waals surface area contributed by atoms with Crippen LogP contribution in [0, 0.1) is 0 Å². The molecule has 0 saturated heterocycles. The van der Waals surface area contributed by atoms with Gasteiger partial charge in [0.25, 0.3) is 0 Å². The summed E-state index contributed by atoms with van der Waals surface area (Å²) in [6.45, 7) is 1.05. The number of carbonyl (C=O) groups is 1. The van der Waals surface area contributed by atoms with E-state index >= 15 is 0 Å². The molecule has 1 aliphatic rings. The number of nitrogens with zero attached hydrogens (tertiary/aromatic N) is 1. The van der Waals surface area contributed by atoms with E-state index in [-0.39, 0.29) is 5.78 Å². The monoisotopic (exact) mass is 247 g/mol. The minimum absolute atomic E-state index is 0.272. The molecule has 3 heteroatoms. The number of ether oxygens (including phenoxy) is 1. The van der Waals surface area contributed by atoms with E-state index in [4.69, 9.17) is 4.74 Å². The van der Waals surface area contributed by atoms with Crippen LogP contribution in [0.4, 0.5) is 0 Å². The molecule has 0 heterocycles. The zero-order valence-corrected chi connectivity index (χ0v) is 11.4. The maximum Gasteiger partial charge on any atom is 0.163 e. The molecule has 0 bridgehead atoms. The fourth-order valence-electron chi connectivity index (χ4n) is 2.57. The Morgan fingerprint density at radius 2 is 2.17 bits per heavy atom. The normalized spacial score (nSPS) is 18.9. The van der Waals surface area contributed by atoms with Gasteiger partial charge in [-0.05, 0) is 63.2 Å². The Morgan fingerprint density at radius 1 is 1.39 bits per heavy atom. The Labute approximate surface area is 109 Å². The molecule has 18 heavy (non-hydrogen) atoms. The second-order valence-corrected chi connectivity index (χ2v) is 5.20. The van der Waals surface area contributed by atoms with Crippen LogP contribution in [0.25, 0.3) is 0 Å². The average Bonchev–Trinajstić information content (AvgIpc) is 2.37. The molecule has 0 saturated carbocycles. The van der Waals surface area contributed by atoms with Gasteiger partial charge in [-0.2, -0.15) is 0 Å². The van der Waals surface area contributed by atoms with Gasteiger partial charge in [0.1, 0.15) is 5.75 Å². The number of hydrogen-bond donors (Lipinski definition) is 0. The van der Waals surface area contributed by atoms with E-state index in [1.165, 1.54) is 5.56 Å². The molecule has 3 nitrogen and oxygen atoms in total. The van der Waals surface area contributed by atoms with Crippen molar-refractivity contribution in [3.8, 4) is 5.75 Å². The van der Waals surface area contributed by atoms with Gasteiger partial charge in [0, 0.05) is 12.0 Å². The molecule has 0 N–H and O–H groups in total. The smallest absolute Gasteiger partial charge is 0.163 e. The molecular formula is C15H21NO2. The van der Waals surface area contributed by atoms with Gasteiger partial charge in [-0.3, -0.25) is 4.79 Å². The Bertz CT molecular complexity index is 440. The van der Waals surface area contributed by atoms with Crippen LogP contribution in [0.1, 0.15) is 41.1 Å². The van der Waals surface area contributed by atoms with E-state index in [1.807, 2.05) is 18.2 Å². The van der Waals surface area contributed by atoms with Crippen LogP contribution in [-0.2, 0) is 0 Å². The highest BCUT2D eigenvalue weighted by atomic mass is 16.5. The minimum atomic E-state index is 0.272. The van der Waals surface area contributed by atoms with E-state index in [9.17, 15) is 4.79 Å². The van der Waals surface area contributed by atoms with Crippen LogP contribution in [0.5, 0.6) is 5.75 Å². The quantitative estimate of drug-likeness (QED) is 0.819. The van der Waals surface area contributed by atoms with Gasteiger partial charge in [-0.1, -0.05) is 0 Å². The summed E-state index contributed by atoms with van der Waals surface area (Å²) in [6, 6.07) is 5.83. The molecule has 0 fully saturated rings. The van der Waals surface area contributed by atoms with Gasteiger partial charge in [-0.15, -0.1) is 0 Å². The summed E-state index contributed by atoms with van der Waals surface area (Å²) in [5.41, 5.74) is 2.07. The van der Waals surface area contributed by atoms with Crippen molar-refractivity contribution in [2.45, 2.75) is 25.2 Å². The number of carbonyl (C=O) groups excluding carboxylic acids is 1. The molecule has 0 amide bonds. The van der Waals surface area contributed by atoms with Crippen LogP contribution in [-0.4, -0.2) is 38.4 Å². The Balaban J connectivity index is 2.26. The van der Waals surface area contributed by atoms with Crippen LogP contribution in [0.2, 0.25) is 0 Å². The van der Waals surface area contributed by atoms with E-state index in [0.29, 0.717) is 12.3 Å². The highest BCUT2D eigenvalue weighted by molar-refractivity contribution is 5.98. The summed E-state index contributed by atoms with van der Waals surface area (Å²) >= 11 is 0. The Hall–Kier alpha value is -1.35. The third kappa shape index (κ3) is 2.72. The fraction of sp³-hybridized carbons (Fsp3) is 0.533. The molecule has 0 aliphatic heterocycles.